The SMILES string of the molecule is CCOC(=O)C(=O)N(O)CCCP(=O)([O-])O.[Na+]. The van der Waals surface area contributed by atoms with Gasteiger partial charge in [-0.1, -0.05) is 0 Å². The predicted molar refractivity (Wildman–Crippen MR) is 49.4 cm³/mol. The second kappa shape index (κ2) is 9.04. The summed E-state index contributed by atoms with van der Waals surface area (Å²) in [7, 11) is -4.40. The minimum Gasteiger partial charge on any atom is -0.779 e. The fourth-order valence-electron chi connectivity index (χ4n) is 0.820. The molecule has 1 atom stereocenters. The quantitative estimate of drug-likeness (QED) is 0.130. The Labute approximate surface area is 120 Å². The summed E-state index contributed by atoms with van der Waals surface area (Å²) < 4.78 is 14.6. The van der Waals surface area contributed by atoms with Crippen LogP contribution in [0.1, 0.15) is 13.3 Å². The van der Waals surface area contributed by atoms with Crippen molar-refractivity contribution >= 4 is 19.5 Å². The fraction of sp³-hybridized carbons (Fsp3) is 0.714. The van der Waals surface area contributed by atoms with Crippen LogP contribution in [0.25, 0.3) is 0 Å². The zero-order valence-corrected chi connectivity index (χ0v) is 12.6. The number of hydrogen-bond acceptors (Lipinski definition) is 6. The van der Waals surface area contributed by atoms with Gasteiger partial charge in [0.25, 0.3) is 0 Å². The van der Waals surface area contributed by atoms with Gasteiger partial charge in [0.05, 0.1) is 6.61 Å². The first-order valence-corrected chi connectivity index (χ1v) is 6.24. The van der Waals surface area contributed by atoms with Crippen LogP contribution < -0.4 is 34.5 Å². The van der Waals surface area contributed by atoms with Gasteiger partial charge in [-0.3, -0.25) is 10.0 Å². The van der Waals surface area contributed by atoms with E-state index in [0.29, 0.717) is 0 Å². The number of carbonyl (C=O) groups is 2. The summed E-state index contributed by atoms with van der Waals surface area (Å²) in [5, 5.41) is 9.07. The summed E-state index contributed by atoms with van der Waals surface area (Å²) in [5.74, 6) is -2.50. The van der Waals surface area contributed by atoms with Crippen molar-refractivity contribution in [3.05, 3.63) is 0 Å². The number of hydrogen-bond donors (Lipinski definition) is 2. The van der Waals surface area contributed by atoms with E-state index in [0.717, 1.165) is 0 Å². The van der Waals surface area contributed by atoms with Crippen LogP contribution in [0.2, 0.25) is 0 Å². The topological polar surface area (TPSA) is 127 Å². The van der Waals surface area contributed by atoms with Gasteiger partial charge in [0.2, 0.25) is 0 Å². The van der Waals surface area contributed by atoms with Gasteiger partial charge in [0.15, 0.2) is 0 Å². The van der Waals surface area contributed by atoms with Crippen molar-refractivity contribution < 1.29 is 63.4 Å². The summed E-state index contributed by atoms with van der Waals surface area (Å²) in [6.07, 6.45) is -0.765. The van der Waals surface area contributed by atoms with Gasteiger partial charge in [-0.15, -0.1) is 0 Å². The molecule has 0 aromatic heterocycles. The van der Waals surface area contributed by atoms with E-state index in [2.05, 4.69) is 4.74 Å². The van der Waals surface area contributed by atoms with Gasteiger partial charge < -0.3 is 19.1 Å². The number of esters is 1. The summed E-state index contributed by atoms with van der Waals surface area (Å²) in [4.78, 5) is 40.5. The first-order valence-electron chi connectivity index (χ1n) is 4.48. The van der Waals surface area contributed by atoms with Crippen LogP contribution in [-0.4, -0.2) is 46.4 Å². The van der Waals surface area contributed by atoms with Gasteiger partial charge in [0.1, 0.15) is 7.60 Å². The maximum atomic E-state index is 11.0. The molecule has 17 heavy (non-hydrogen) atoms. The van der Waals surface area contributed by atoms with Gasteiger partial charge in [0, 0.05) is 12.7 Å². The maximum absolute atomic E-state index is 11.0. The van der Waals surface area contributed by atoms with E-state index in [9.17, 15) is 19.0 Å². The zero-order chi connectivity index (χ0) is 12.8. The second-order valence-electron chi connectivity index (χ2n) is 2.86. The van der Waals surface area contributed by atoms with Crippen molar-refractivity contribution in [2.45, 2.75) is 13.3 Å². The van der Waals surface area contributed by atoms with Crippen LogP contribution in [0.15, 0.2) is 0 Å². The molecule has 8 nitrogen and oxygen atoms in total. The van der Waals surface area contributed by atoms with Crippen molar-refractivity contribution in [3.63, 3.8) is 0 Å². The molecule has 0 bridgehead atoms. The minimum atomic E-state index is -4.40. The number of nitrogens with zero attached hydrogens (tertiary/aromatic N) is 1. The third-order valence-electron chi connectivity index (χ3n) is 1.50. The number of carbonyl (C=O) groups excluding carboxylic acids is 2. The predicted octanol–water partition coefficient (Wildman–Crippen LogP) is -4.29. The Morgan fingerprint density at radius 1 is 1.47 bits per heavy atom. The Hall–Kier alpha value is 0.0500. The van der Waals surface area contributed by atoms with E-state index in [4.69, 9.17) is 10.1 Å². The molecule has 2 N–H and O–H groups in total. The van der Waals surface area contributed by atoms with Crippen LogP contribution in [0.5, 0.6) is 0 Å². The monoisotopic (exact) mass is 277 g/mol. The molecule has 0 rings (SSSR count). The Balaban J connectivity index is 0. The molecule has 0 aliphatic carbocycles. The Morgan fingerprint density at radius 2 is 2.00 bits per heavy atom. The van der Waals surface area contributed by atoms with Crippen molar-refractivity contribution in [1.29, 1.82) is 0 Å². The van der Waals surface area contributed by atoms with Crippen molar-refractivity contribution in [2.24, 2.45) is 0 Å². The molecule has 0 aliphatic heterocycles. The van der Waals surface area contributed by atoms with E-state index >= 15 is 0 Å². The standard InChI is InChI=1S/C7H14NO7P.Na/c1-2-15-7(10)6(9)8(11)4-3-5-16(12,13)14;/h11H,2-5H2,1H3,(H2,12,13,14);/q;+1/p-1. The van der Waals surface area contributed by atoms with Crippen LogP contribution in [0, 0.1) is 0 Å². The van der Waals surface area contributed by atoms with Crippen molar-refractivity contribution in [1.82, 2.24) is 5.06 Å². The Kier molecular flexibility index (Phi) is 10.3. The molecule has 0 saturated carbocycles. The molecule has 0 aromatic carbocycles. The number of amides is 1. The number of ether oxygens (including phenoxy) is 1. The van der Waals surface area contributed by atoms with E-state index in [1.165, 1.54) is 6.92 Å². The van der Waals surface area contributed by atoms with Gasteiger partial charge >= 0.3 is 41.4 Å². The van der Waals surface area contributed by atoms with E-state index in [1.54, 1.807) is 0 Å². The van der Waals surface area contributed by atoms with Crippen LogP contribution in [0.4, 0.5) is 0 Å². The van der Waals surface area contributed by atoms with E-state index in [1.807, 2.05) is 0 Å². The summed E-state index contributed by atoms with van der Waals surface area (Å²) in [6, 6.07) is 0. The molecule has 94 valence electrons. The summed E-state index contributed by atoms with van der Waals surface area (Å²) in [5.41, 5.74) is 0. The average Bonchev–Trinajstić information content (AvgIpc) is 2.14. The largest absolute Gasteiger partial charge is 1.00 e. The van der Waals surface area contributed by atoms with Crippen LogP contribution >= 0.6 is 7.60 Å². The molecular weight excluding hydrogens is 264 g/mol. The molecule has 0 spiro atoms. The Bertz CT molecular complexity index is 305. The fourth-order valence-corrected chi connectivity index (χ4v) is 1.36. The smallest absolute Gasteiger partial charge is 0.779 e. The average molecular weight is 277 g/mol. The molecule has 0 aromatic rings. The maximum Gasteiger partial charge on any atom is 1.00 e. The third kappa shape index (κ3) is 9.72. The van der Waals surface area contributed by atoms with Crippen molar-refractivity contribution in [3.8, 4) is 0 Å². The second-order valence-corrected chi connectivity index (χ2v) is 4.59. The van der Waals surface area contributed by atoms with Crippen LogP contribution in [0.3, 0.4) is 0 Å². The molecule has 0 aliphatic rings. The van der Waals surface area contributed by atoms with Gasteiger partial charge in [-0.2, -0.15) is 0 Å². The molecule has 10 heteroatoms. The number of hydroxylamine groups is 2. The molecule has 0 saturated heterocycles. The zero-order valence-electron chi connectivity index (χ0n) is 9.66. The molecule has 1 amide bonds. The van der Waals surface area contributed by atoms with Crippen LogP contribution in [-0.2, 0) is 18.9 Å². The van der Waals surface area contributed by atoms with Gasteiger partial charge in [-0.25, -0.2) is 9.86 Å². The normalized spacial score (nSPS) is 13.2. The van der Waals surface area contributed by atoms with E-state index < -0.39 is 25.6 Å². The van der Waals surface area contributed by atoms with E-state index in [-0.39, 0.29) is 54.2 Å². The Morgan fingerprint density at radius 3 is 2.41 bits per heavy atom. The molecule has 0 heterocycles. The first kappa shape index (κ1) is 19.4. The molecule has 0 fully saturated rings. The first-order chi connectivity index (χ1) is 7.28. The molecule has 0 radical (unpaired) electrons. The van der Waals surface area contributed by atoms with Crippen molar-refractivity contribution in [2.75, 3.05) is 19.3 Å². The molecule has 1 unspecified atom stereocenters. The summed E-state index contributed by atoms with van der Waals surface area (Å²) in [6.45, 7) is 1.10. The van der Waals surface area contributed by atoms with Gasteiger partial charge in [-0.05, 0) is 13.3 Å². The molecular formula is C7H13NNaO7P. The summed E-state index contributed by atoms with van der Waals surface area (Å²) >= 11 is 0. The number of rotatable bonds is 5. The minimum absolute atomic E-state index is 0. The third-order valence-corrected chi connectivity index (χ3v) is 2.38.